The zero-order valence-electron chi connectivity index (χ0n) is 26.2. The van der Waals surface area contributed by atoms with Crippen molar-refractivity contribution in [3.63, 3.8) is 0 Å². The number of para-hydroxylation sites is 2. The third-order valence-electron chi connectivity index (χ3n) is 11.0. The highest BCUT2D eigenvalue weighted by molar-refractivity contribution is 6.21. The summed E-state index contributed by atoms with van der Waals surface area (Å²) in [6.45, 7) is 0. The molecule has 48 heavy (non-hydrogen) atoms. The second-order valence-corrected chi connectivity index (χ2v) is 13.2. The molecule has 0 saturated heterocycles. The van der Waals surface area contributed by atoms with Gasteiger partial charge in [0.25, 0.3) is 0 Å². The van der Waals surface area contributed by atoms with E-state index in [0.29, 0.717) is 0 Å². The second-order valence-electron chi connectivity index (χ2n) is 13.2. The summed E-state index contributed by atoms with van der Waals surface area (Å²) >= 11 is 0. The number of nitrogens with zero attached hydrogens (tertiary/aromatic N) is 1. The van der Waals surface area contributed by atoms with Gasteiger partial charge in [0.1, 0.15) is 0 Å². The smallest absolute Gasteiger partial charge is 0.0726 e. The second kappa shape index (κ2) is 9.44. The van der Waals surface area contributed by atoms with Crippen LogP contribution in [0.25, 0.3) is 55.3 Å². The highest BCUT2D eigenvalue weighted by Crippen LogP contribution is 2.66. The molecule has 3 aliphatic rings. The lowest BCUT2D eigenvalue weighted by molar-refractivity contribution is 0.795. The van der Waals surface area contributed by atoms with Crippen LogP contribution in [0.2, 0.25) is 0 Å². The zero-order valence-corrected chi connectivity index (χ0v) is 26.2. The SMILES string of the molecule is c1ccc(N(c2ccccc2)c2ccc3c(c2)-c2ccccc2C32c3ccccc3-c3c2cc2c4c(cccc34)-c3ccccc3-2)cc1. The number of hydrogen-bond acceptors (Lipinski definition) is 1. The Balaban J connectivity index is 1.24. The van der Waals surface area contributed by atoms with Gasteiger partial charge in [0.15, 0.2) is 0 Å². The van der Waals surface area contributed by atoms with Crippen LogP contribution in [0.4, 0.5) is 17.1 Å². The first-order chi connectivity index (χ1) is 23.8. The summed E-state index contributed by atoms with van der Waals surface area (Å²) in [5.41, 5.74) is 19.2. The van der Waals surface area contributed by atoms with Gasteiger partial charge in [-0.25, -0.2) is 0 Å². The van der Waals surface area contributed by atoms with Crippen molar-refractivity contribution in [2.24, 2.45) is 0 Å². The maximum absolute atomic E-state index is 2.55. The molecule has 1 nitrogen and oxygen atoms in total. The van der Waals surface area contributed by atoms with Crippen LogP contribution < -0.4 is 4.90 Å². The summed E-state index contributed by atoms with van der Waals surface area (Å²) in [6.07, 6.45) is 0. The Kier molecular flexibility index (Phi) is 5.10. The van der Waals surface area contributed by atoms with E-state index in [4.69, 9.17) is 0 Å². The summed E-state index contributed by atoms with van der Waals surface area (Å²) in [7, 11) is 0. The van der Waals surface area contributed by atoms with Crippen LogP contribution in [0.3, 0.4) is 0 Å². The average Bonchev–Trinajstić information content (AvgIpc) is 3.75. The van der Waals surface area contributed by atoms with Gasteiger partial charge in [-0.3, -0.25) is 0 Å². The predicted molar refractivity (Wildman–Crippen MR) is 199 cm³/mol. The predicted octanol–water partition coefficient (Wildman–Crippen LogP) is 12.3. The van der Waals surface area contributed by atoms with Crippen LogP contribution in [0.15, 0.2) is 176 Å². The molecule has 3 aliphatic carbocycles. The monoisotopic (exact) mass is 607 g/mol. The average molecular weight is 608 g/mol. The number of anilines is 3. The molecule has 0 radical (unpaired) electrons. The van der Waals surface area contributed by atoms with Gasteiger partial charge in [0.2, 0.25) is 0 Å². The van der Waals surface area contributed by atoms with E-state index >= 15 is 0 Å². The fraction of sp³-hybridized carbons (Fsp3) is 0.0213. The Hall–Kier alpha value is -6.18. The van der Waals surface area contributed by atoms with Crippen molar-refractivity contribution < 1.29 is 0 Å². The van der Waals surface area contributed by atoms with Crippen LogP contribution >= 0.6 is 0 Å². The van der Waals surface area contributed by atoms with E-state index in [2.05, 4.69) is 181 Å². The van der Waals surface area contributed by atoms with Crippen molar-refractivity contribution in [2.45, 2.75) is 5.41 Å². The molecule has 1 spiro atoms. The maximum Gasteiger partial charge on any atom is 0.0726 e. The van der Waals surface area contributed by atoms with Crippen LogP contribution in [-0.2, 0) is 5.41 Å². The molecule has 0 saturated carbocycles. The lowest BCUT2D eigenvalue weighted by atomic mass is 9.70. The Morgan fingerprint density at radius 2 is 0.854 bits per heavy atom. The van der Waals surface area contributed by atoms with Gasteiger partial charge in [-0.15, -0.1) is 0 Å². The number of hydrogen-bond donors (Lipinski definition) is 0. The quantitative estimate of drug-likeness (QED) is 0.193. The van der Waals surface area contributed by atoms with Crippen LogP contribution in [0.5, 0.6) is 0 Å². The molecule has 222 valence electrons. The van der Waals surface area contributed by atoms with E-state index in [-0.39, 0.29) is 0 Å². The van der Waals surface area contributed by atoms with E-state index in [1.165, 1.54) is 77.5 Å². The highest BCUT2D eigenvalue weighted by atomic mass is 15.1. The Morgan fingerprint density at radius 3 is 1.56 bits per heavy atom. The molecule has 0 bridgehead atoms. The molecular weight excluding hydrogens is 579 g/mol. The molecule has 0 aliphatic heterocycles. The number of benzene rings is 8. The molecule has 8 aromatic carbocycles. The molecule has 1 heteroatoms. The molecule has 0 amide bonds. The molecule has 0 aromatic heterocycles. The fourth-order valence-electron chi connectivity index (χ4n) is 9.23. The summed E-state index contributed by atoms with van der Waals surface area (Å²) in [5, 5.41) is 2.73. The van der Waals surface area contributed by atoms with Crippen molar-refractivity contribution in [1.29, 1.82) is 0 Å². The first-order valence-electron chi connectivity index (χ1n) is 16.8. The van der Waals surface area contributed by atoms with Gasteiger partial charge in [0, 0.05) is 17.1 Å². The Labute approximate surface area is 280 Å². The van der Waals surface area contributed by atoms with Gasteiger partial charge in [-0.05, 0) is 120 Å². The third kappa shape index (κ3) is 3.16. The van der Waals surface area contributed by atoms with Crippen LogP contribution in [-0.4, -0.2) is 0 Å². The normalized spacial score (nSPS) is 15.6. The van der Waals surface area contributed by atoms with Crippen molar-refractivity contribution >= 4 is 27.8 Å². The van der Waals surface area contributed by atoms with Gasteiger partial charge in [-0.2, -0.15) is 0 Å². The first-order valence-corrected chi connectivity index (χ1v) is 16.8. The van der Waals surface area contributed by atoms with Crippen LogP contribution in [0.1, 0.15) is 22.3 Å². The minimum absolute atomic E-state index is 0.418. The van der Waals surface area contributed by atoms with E-state index in [1.807, 2.05) is 0 Å². The van der Waals surface area contributed by atoms with Crippen molar-refractivity contribution in [3.05, 3.63) is 198 Å². The largest absolute Gasteiger partial charge is 0.310 e. The third-order valence-corrected chi connectivity index (χ3v) is 11.0. The molecule has 11 rings (SSSR count). The molecule has 1 unspecified atom stereocenters. The Morgan fingerprint density at radius 1 is 0.312 bits per heavy atom. The molecule has 0 heterocycles. The summed E-state index contributed by atoms with van der Waals surface area (Å²) < 4.78 is 0. The van der Waals surface area contributed by atoms with Crippen molar-refractivity contribution in [3.8, 4) is 44.5 Å². The van der Waals surface area contributed by atoms with Crippen molar-refractivity contribution in [2.75, 3.05) is 4.90 Å². The lowest BCUT2D eigenvalue weighted by Gasteiger charge is -2.31. The van der Waals surface area contributed by atoms with Gasteiger partial charge in [0.05, 0.1) is 5.41 Å². The zero-order chi connectivity index (χ0) is 31.4. The lowest BCUT2D eigenvalue weighted by Crippen LogP contribution is -2.26. The fourth-order valence-corrected chi connectivity index (χ4v) is 9.23. The number of fused-ring (bicyclic) bond motifs is 14. The molecule has 0 N–H and O–H groups in total. The van der Waals surface area contributed by atoms with E-state index < -0.39 is 5.41 Å². The minimum atomic E-state index is -0.418. The first kappa shape index (κ1) is 25.9. The molecule has 0 fully saturated rings. The van der Waals surface area contributed by atoms with Gasteiger partial charge >= 0.3 is 0 Å². The summed E-state index contributed by atoms with van der Waals surface area (Å²) in [5.74, 6) is 0. The molecular formula is C47H29N. The summed E-state index contributed by atoms with van der Waals surface area (Å²) in [6, 6.07) is 65.3. The standard InChI is InChI=1S/C47H29N/c1-3-14-30(15-4-1)48(31-16-5-2-6-17-31)32-26-27-43-39(28-32)35-20-9-11-24-41(35)47(43)42-25-12-10-21-37(42)46-38-23-13-22-36-33-18-7-8-19-34(33)40(45(36)38)29-44(46)47/h1-29H. The van der Waals surface area contributed by atoms with Crippen LogP contribution in [0, 0.1) is 0 Å². The van der Waals surface area contributed by atoms with Gasteiger partial charge in [-0.1, -0.05) is 133 Å². The highest BCUT2D eigenvalue weighted by Gasteiger charge is 2.52. The topological polar surface area (TPSA) is 3.24 Å². The maximum atomic E-state index is 2.55. The van der Waals surface area contributed by atoms with E-state index in [1.54, 1.807) is 0 Å². The number of rotatable bonds is 3. The minimum Gasteiger partial charge on any atom is -0.310 e. The molecule has 8 aromatic rings. The van der Waals surface area contributed by atoms with E-state index in [9.17, 15) is 0 Å². The summed E-state index contributed by atoms with van der Waals surface area (Å²) in [4.78, 5) is 2.37. The Bertz CT molecular complexity index is 2580. The molecule has 1 atom stereocenters. The van der Waals surface area contributed by atoms with Gasteiger partial charge < -0.3 is 4.90 Å². The van der Waals surface area contributed by atoms with Crippen molar-refractivity contribution in [1.82, 2.24) is 0 Å². The van der Waals surface area contributed by atoms with E-state index in [0.717, 1.165) is 17.1 Å².